The SMILES string of the molecule is Cc1ccc(N)cc1NC(=O)c1cc2c(s1)CCC2. The molecule has 98 valence electrons. The van der Waals surface area contributed by atoms with Crippen molar-refractivity contribution >= 4 is 28.6 Å². The van der Waals surface area contributed by atoms with Gasteiger partial charge in [-0.05, 0) is 55.5 Å². The van der Waals surface area contributed by atoms with E-state index in [1.165, 1.54) is 16.9 Å². The Hall–Kier alpha value is -1.81. The largest absolute Gasteiger partial charge is 0.399 e. The normalized spacial score (nSPS) is 13.3. The summed E-state index contributed by atoms with van der Waals surface area (Å²) in [6.45, 7) is 1.96. The highest BCUT2D eigenvalue weighted by atomic mass is 32.1. The van der Waals surface area contributed by atoms with Crippen LogP contribution in [0.2, 0.25) is 0 Å². The number of nitrogens with two attached hydrogens (primary N) is 1. The van der Waals surface area contributed by atoms with E-state index in [1.807, 2.05) is 25.1 Å². The lowest BCUT2D eigenvalue weighted by Crippen LogP contribution is -2.11. The summed E-state index contributed by atoms with van der Waals surface area (Å²) < 4.78 is 0. The molecule has 1 amide bonds. The fourth-order valence-electron chi connectivity index (χ4n) is 2.40. The Morgan fingerprint density at radius 3 is 2.95 bits per heavy atom. The Morgan fingerprint density at radius 2 is 2.16 bits per heavy atom. The standard InChI is InChI=1S/C15H16N2OS/c1-9-5-6-11(16)8-12(9)17-15(18)14-7-10-3-2-4-13(10)19-14/h5-8H,2-4,16H2,1H3,(H,17,18). The first-order valence-electron chi connectivity index (χ1n) is 6.42. The molecule has 19 heavy (non-hydrogen) atoms. The van der Waals surface area contributed by atoms with Crippen LogP contribution in [-0.4, -0.2) is 5.91 Å². The Morgan fingerprint density at radius 1 is 1.32 bits per heavy atom. The van der Waals surface area contributed by atoms with E-state index < -0.39 is 0 Å². The van der Waals surface area contributed by atoms with E-state index in [0.717, 1.165) is 29.0 Å². The highest BCUT2D eigenvalue weighted by Gasteiger charge is 2.18. The maximum absolute atomic E-state index is 12.2. The molecule has 0 atom stereocenters. The molecule has 0 spiro atoms. The zero-order valence-electron chi connectivity index (χ0n) is 10.8. The summed E-state index contributed by atoms with van der Waals surface area (Å²) in [6, 6.07) is 7.59. The van der Waals surface area contributed by atoms with Crippen molar-refractivity contribution in [1.82, 2.24) is 0 Å². The number of anilines is 2. The molecule has 1 aliphatic carbocycles. The molecule has 3 nitrogen and oxygen atoms in total. The van der Waals surface area contributed by atoms with Crippen LogP contribution in [0, 0.1) is 6.92 Å². The first-order valence-corrected chi connectivity index (χ1v) is 7.24. The van der Waals surface area contributed by atoms with Gasteiger partial charge in [-0.15, -0.1) is 11.3 Å². The van der Waals surface area contributed by atoms with E-state index in [4.69, 9.17) is 5.73 Å². The van der Waals surface area contributed by atoms with Gasteiger partial charge < -0.3 is 11.1 Å². The number of rotatable bonds is 2. The van der Waals surface area contributed by atoms with Crippen molar-refractivity contribution in [3.63, 3.8) is 0 Å². The predicted octanol–water partition coefficient (Wildman–Crippen LogP) is 3.38. The molecule has 0 unspecified atom stereocenters. The summed E-state index contributed by atoms with van der Waals surface area (Å²) in [6.07, 6.45) is 3.44. The van der Waals surface area contributed by atoms with Gasteiger partial charge in [0, 0.05) is 16.3 Å². The molecule has 0 radical (unpaired) electrons. The summed E-state index contributed by atoms with van der Waals surface area (Å²) >= 11 is 1.62. The second kappa shape index (κ2) is 4.70. The number of carbonyl (C=O) groups excluding carboxylic acids is 1. The number of thiophene rings is 1. The topological polar surface area (TPSA) is 55.1 Å². The van der Waals surface area contributed by atoms with Crippen molar-refractivity contribution in [2.45, 2.75) is 26.2 Å². The molecule has 0 bridgehead atoms. The second-order valence-corrected chi connectivity index (χ2v) is 6.08. The zero-order valence-corrected chi connectivity index (χ0v) is 11.6. The van der Waals surface area contributed by atoms with Gasteiger partial charge in [-0.3, -0.25) is 4.79 Å². The number of benzene rings is 1. The molecular weight excluding hydrogens is 256 g/mol. The van der Waals surface area contributed by atoms with Gasteiger partial charge in [-0.25, -0.2) is 0 Å². The van der Waals surface area contributed by atoms with Gasteiger partial charge in [-0.2, -0.15) is 0 Å². The average molecular weight is 272 g/mol. The van der Waals surface area contributed by atoms with Gasteiger partial charge in [0.25, 0.3) is 5.91 Å². The Bertz CT molecular complexity index is 624. The lowest BCUT2D eigenvalue weighted by Gasteiger charge is -2.08. The molecule has 0 saturated carbocycles. The van der Waals surface area contributed by atoms with Crippen LogP contribution < -0.4 is 11.1 Å². The number of fused-ring (bicyclic) bond motifs is 1. The molecule has 4 heteroatoms. The minimum Gasteiger partial charge on any atom is -0.399 e. The van der Waals surface area contributed by atoms with E-state index >= 15 is 0 Å². The van der Waals surface area contributed by atoms with Gasteiger partial charge in [-0.1, -0.05) is 6.07 Å². The van der Waals surface area contributed by atoms with Crippen molar-refractivity contribution < 1.29 is 4.79 Å². The first kappa shape index (κ1) is 12.2. The second-order valence-electron chi connectivity index (χ2n) is 4.94. The summed E-state index contributed by atoms with van der Waals surface area (Å²) in [5.41, 5.74) is 9.57. The lowest BCUT2D eigenvalue weighted by atomic mass is 10.2. The number of carbonyl (C=O) groups is 1. The van der Waals surface area contributed by atoms with Crippen molar-refractivity contribution in [2.75, 3.05) is 11.1 Å². The van der Waals surface area contributed by atoms with Gasteiger partial charge in [0.1, 0.15) is 0 Å². The number of hydrogen-bond acceptors (Lipinski definition) is 3. The summed E-state index contributed by atoms with van der Waals surface area (Å²) in [7, 11) is 0. The minimum atomic E-state index is -0.0342. The van der Waals surface area contributed by atoms with Gasteiger partial charge in [0.05, 0.1) is 4.88 Å². The van der Waals surface area contributed by atoms with Crippen LogP contribution in [0.1, 0.15) is 32.1 Å². The Labute approximate surface area is 116 Å². The number of nitrogens with one attached hydrogen (secondary N) is 1. The van der Waals surface area contributed by atoms with E-state index in [2.05, 4.69) is 5.32 Å². The van der Waals surface area contributed by atoms with Crippen LogP contribution in [0.3, 0.4) is 0 Å². The van der Waals surface area contributed by atoms with E-state index in [1.54, 1.807) is 17.4 Å². The number of amides is 1. The van der Waals surface area contributed by atoms with Crippen molar-refractivity contribution in [1.29, 1.82) is 0 Å². The minimum absolute atomic E-state index is 0.0342. The van der Waals surface area contributed by atoms with Crippen LogP contribution in [0.5, 0.6) is 0 Å². The Kier molecular flexibility index (Phi) is 3.03. The molecule has 3 rings (SSSR count). The molecule has 2 aromatic rings. The van der Waals surface area contributed by atoms with Crippen molar-refractivity contribution in [2.24, 2.45) is 0 Å². The van der Waals surface area contributed by atoms with Gasteiger partial charge >= 0.3 is 0 Å². The molecule has 0 fully saturated rings. The highest BCUT2D eigenvalue weighted by Crippen LogP contribution is 2.31. The molecule has 1 aromatic heterocycles. The molecular formula is C15H16N2OS. The number of aryl methyl sites for hydroxylation is 3. The highest BCUT2D eigenvalue weighted by molar-refractivity contribution is 7.14. The van der Waals surface area contributed by atoms with Gasteiger partial charge in [0.15, 0.2) is 0 Å². The predicted molar refractivity (Wildman–Crippen MR) is 79.9 cm³/mol. The van der Waals surface area contributed by atoms with Crippen molar-refractivity contribution in [3.8, 4) is 0 Å². The fraction of sp³-hybridized carbons (Fsp3) is 0.267. The third kappa shape index (κ3) is 2.36. The monoisotopic (exact) mass is 272 g/mol. The van der Waals surface area contributed by atoms with Gasteiger partial charge in [0.2, 0.25) is 0 Å². The van der Waals surface area contributed by atoms with Crippen LogP contribution in [0.15, 0.2) is 24.3 Å². The van der Waals surface area contributed by atoms with E-state index in [0.29, 0.717) is 5.69 Å². The van der Waals surface area contributed by atoms with Crippen LogP contribution in [-0.2, 0) is 12.8 Å². The van der Waals surface area contributed by atoms with Crippen LogP contribution in [0.4, 0.5) is 11.4 Å². The third-order valence-corrected chi connectivity index (χ3v) is 4.72. The van der Waals surface area contributed by atoms with Crippen LogP contribution >= 0.6 is 11.3 Å². The maximum Gasteiger partial charge on any atom is 0.265 e. The summed E-state index contributed by atoms with van der Waals surface area (Å²) in [5, 5.41) is 2.95. The lowest BCUT2D eigenvalue weighted by molar-refractivity contribution is 0.103. The smallest absolute Gasteiger partial charge is 0.265 e. The van der Waals surface area contributed by atoms with Crippen molar-refractivity contribution in [3.05, 3.63) is 45.1 Å². The third-order valence-electron chi connectivity index (χ3n) is 3.48. The summed E-state index contributed by atoms with van der Waals surface area (Å²) in [5.74, 6) is -0.0342. The van der Waals surface area contributed by atoms with E-state index in [9.17, 15) is 4.79 Å². The molecule has 0 saturated heterocycles. The Balaban J connectivity index is 1.82. The molecule has 1 heterocycles. The molecule has 0 aliphatic heterocycles. The number of nitrogen functional groups attached to an aromatic ring is 1. The van der Waals surface area contributed by atoms with Crippen LogP contribution in [0.25, 0.3) is 0 Å². The molecule has 3 N–H and O–H groups in total. The quantitative estimate of drug-likeness (QED) is 0.823. The maximum atomic E-state index is 12.2. The fourth-order valence-corrected chi connectivity index (χ4v) is 3.55. The average Bonchev–Trinajstić information content (AvgIpc) is 2.94. The van der Waals surface area contributed by atoms with E-state index in [-0.39, 0.29) is 5.91 Å². The first-order chi connectivity index (χ1) is 9.13. The summed E-state index contributed by atoms with van der Waals surface area (Å²) in [4.78, 5) is 14.4. The number of hydrogen-bond donors (Lipinski definition) is 2. The molecule has 1 aromatic carbocycles. The zero-order chi connectivity index (χ0) is 13.4. The molecule has 1 aliphatic rings.